The molecule has 1 saturated carbocycles. The Labute approximate surface area is 122 Å². The van der Waals surface area contributed by atoms with Crippen molar-refractivity contribution in [1.29, 1.82) is 0 Å². The van der Waals surface area contributed by atoms with Crippen molar-refractivity contribution in [3.8, 4) is 0 Å². The predicted molar refractivity (Wildman–Crippen MR) is 70.4 cm³/mol. The molecule has 1 amide bonds. The molecule has 2 rings (SSSR count). The number of amides is 1. The summed E-state index contributed by atoms with van der Waals surface area (Å²) >= 11 is 0. The number of ether oxygens (including phenoxy) is 2. The highest BCUT2D eigenvalue weighted by atomic mass is 16.5. The van der Waals surface area contributed by atoms with E-state index in [-0.39, 0.29) is 50.4 Å². The number of piperidine rings is 1. The standard InChI is InChI=1S/C14H19NO6/c1-3-21-12(18)14-6-4-9(16)8-10(14)15(13(19)20-2)7-5-11(14)17/h10H,3-8H2,1-2H3/t10-,14-/m0/s1. The van der Waals surface area contributed by atoms with Crippen LogP contribution in [0.15, 0.2) is 0 Å². The second-order valence-corrected chi connectivity index (χ2v) is 5.29. The monoisotopic (exact) mass is 297 g/mol. The molecule has 2 fully saturated rings. The molecule has 0 aromatic heterocycles. The van der Waals surface area contributed by atoms with Gasteiger partial charge in [0.05, 0.1) is 19.8 Å². The summed E-state index contributed by atoms with van der Waals surface area (Å²) in [5.41, 5.74) is -1.42. The molecular weight excluding hydrogens is 278 g/mol. The van der Waals surface area contributed by atoms with Crippen molar-refractivity contribution in [1.82, 2.24) is 4.90 Å². The smallest absolute Gasteiger partial charge is 0.409 e. The first-order chi connectivity index (χ1) is 9.97. The molecule has 7 heteroatoms. The quantitative estimate of drug-likeness (QED) is 0.550. The van der Waals surface area contributed by atoms with Crippen molar-refractivity contribution in [2.75, 3.05) is 20.3 Å². The largest absolute Gasteiger partial charge is 0.465 e. The third-order valence-electron chi connectivity index (χ3n) is 4.29. The van der Waals surface area contributed by atoms with Crippen LogP contribution >= 0.6 is 0 Å². The van der Waals surface area contributed by atoms with Gasteiger partial charge in [0.2, 0.25) is 0 Å². The second kappa shape index (κ2) is 5.83. The number of likely N-dealkylation sites (tertiary alicyclic amines) is 1. The lowest BCUT2D eigenvalue weighted by Crippen LogP contribution is -2.64. The molecule has 0 aromatic rings. The van der Waals surface area contributed by atoms with E-state index >= 15 is 0 Å². The highest BCUT2D eigenvalue weighted by molar-refractivity contribution is 6.07. The molecule has 0 unspecified atom stereocenters. The highest BCUT2D eigenvalue weighted by Crippen LogP contribution is 2.44. The molecule has 7 nitrogen and oxygen atoms in total. The Bertz CT molecular complexity index is 488. The molecule has 1 aliphatic carbocycles. The number of ketones is 2. The van der Waals surface area contributed by atoms with Gasteiger partial charge in [0, 0.05) is 25.8 Å². The molecule has 1 heterocycles. The number of hydrogen-bond donors (Lipinski definition) is 0. The topological polar surface area (TPSA) is 90.0 Å². The average Bonchev–Trinajstić information content (AvgIpc) is 2.47. The number of carbonyl (C=O) groups is 4. The van der Waals surface area contributed by atoms with E-state index in [2.05, 4.69) is 0 Å². The zero-order chi connectivity index (χ0) is 15.6. The lowest BCUT2D eigenvalue weighted by molar-refractivity contribution is -0.171. The molecule has 1 aliphatic heterocycles. The number of esters is 1. The van der Waals surface area contributed by atoms with Crippen LogP contribution in [0.1, 0.15) is 32.6 Å². The average molecular weight is 297 g/mol. The maximum absolute atomic E-state index is 12.4. The van der Waals surface area contributed by atoms with E-state index in [1.807, 2.05) is 0 Å². The maximum atomic E-state index is 12.4. The fourth-order valence-electron chi connectivity index (χ4n) is 3.25. The Kier molecular flexibility index (Phi) is 4.29. The second-order valence-electron chi connectivity index (χ2n) is 5.29. The normalized spacial score (nSPS) is 28.9. The zero-order valence-electron chi connectivity index (χ0n) is 12.2. The Balaban J connectivity index is 2.43. The number of methoxy groups -OCH3 is 1. The number of nitrogens with zero attached hydrogens (tertiary/aromatic N) is 1. The van der Waals surface area contributed by atoms with Gasteiger partial charge in [-0.3, -0.25) is 14.4 Å². The molecule has 0 aromatic carbocycles. The Morgan fingerprint density at radius 3 is 2.67 bits per heavy atom. The van der Waals surface area contributed by atoms with Crippen LogP contribution in [0.3, 0.4) is 0 Å². The summed E-state index contributed by atoms with van der Waals surface area (Å²) in [4.78, 5) is 49.8. The Morgan fingerprint density at radius 2 is 2.05 bits per heavy atom. The number of fused-ring (bicyclic) bond motifs is 1. The van der Waals surface area contributed by atoms with Gasteiger partial charge in [0.15, 0.2) is 5.78 Å². The van der Waals surface area contributed by atoms with Crippen LogP contribution in [0.2, 0.25) is 0 Å². The Morgan fingerprint density at radius 1 is 1.33 bits per heavy atom. The van der Waals surface area contributed by atoms with E-state index in [9.17, 15) is 19.2 Å². The molecule has 2 atom stereocenters. The third kappa shape index (κ3) is 2.41. The van der Waals surface area contributed by atoms with Gasteiger partial charge in [-0.1, -0.05) is 0 Å². The van der Waals surface area contributed by atoms with Crippen LogP contribution in [0.5, 0.6) is 0 Å². The van der Waals surface area contributed by atoms with Gasteiger partial charge in [0.25, 0.3) is 0 Å². The van der Waals surface area contributed by atoms with Crippen molar-refractivity contribution < 1.29 is 28.7 Å². The number of hydrogen-bond acceptors (Lipinski definition) is 6. The first-order valence-corrected chi connectivity index (χ1v) is 7.04. The summed E-state index contributed by atoms with van der Waals surface area (Å²) in [6, 6.07) is -0.800. The van der Waals surface area contributed by atoms with E-state index in [0.717, 1.165) is 0 Å². The van der Waals surface area contributed by atoms with Crippen LogP contribution in [0.4, 0.5) is 4.79 Å². The zero-order valence-corrected chi connectivity index (χ0v) is 12.2. The summed E-state index contributed by atoms with van der Waals surface area (Å²) in [5, 5.41) is 0. The van der Waals surface area contributed by atoms with Gasteiger partial charge in [-0.05, 0) is 13.3 Å². The van der Waals surface area contributed by atoms with Crippen LogP contribution in [-0.4, -0.2) is 54.8 Å². The molecule has 21 heavy (non-hydrogen) atoms. The van der Waals surface area contributed by atoms with E-state index in [1.54, 1.807) is 6.92 Å². The van der Waals surface area contributed by atoms with Crippen LogP contribution in [0, 0.1) is 5.41 Å². The summed E-state index contributed by atoms with van der Waals surface area (Å²) < 4.78 is 9.77. The van der Waals surface area contributed by atoms with Gasteiger partial charge in [-0.2, -0.15) is 0 Å². The van der Waals surface area contributed by atoms with Crippen molar-refractivity contribution in [3.05, 3.63) is 0 Å². The maximum Gasteiger partial charge on any atom is 0.409 e. The number of Topliss-reactive ketones (excluding diaryl/α,β-unsaturated/α-hetero) is 2. The molecule has 0 bridgehead atoms. The van der Waals surface area contributed by atoms with E-state index < -0.39 is 23.5 Å². The number of carbonyl (C=O) groups excluding carboxylic acids is 4. The van der Waals surface area contributed by atoms with Gasteiger partial charge >= 0.3 is 12.1 Å². The van der Waals surface area contributed by atoms with E-state index in [1.165, 1.54) is 12.0 Å². The van der Waals surface area contributed by atoms with Gasteiger partial charge in [-0.25, -0.2) is 4.79 Å². The fraction of sp³-hybridized carbons (Fsp3) is 0.714. The summed E-state index contributed by atoms with van der Waals surface area (Å²) in [6.45, 7) is 1.96. The number of rotatable bonds is 2. The van der Waals surface area contributed by atoms with Crippen LogP contribution in [-0.2, 0) is 23.9 Å². The van der Waals surface area contributed by atoms with Crippen LogP contribution in [0.25, 0.3) is 0 Å². The van der Waals surface area contributed by atoms with Crippen LogP contribution < -0.4 is 0 Å². The molecule has 0 spiro atoms. The first-order valence-electron chi connectivity index (χ1n) is 7.04. The molecule has 2 aliphatic rings. The summed E-state index contributed by atoms with van der Waals surface area (Å²) in [7, 11) is 1.23. The predicted octanol–water partition coefficient (Wildman–Crippen LogP) is 0.699. The molecule has 0 N–H and O–H groups in total. The minimum Gasteiger partial charge on any atom is -0.465 e. The molecule has 1 saturated heterocycles. The minimum atomic E-state index is -1.42. The summed E-state index contributed by atoms with van der Waals surface area (Å²) in [5.74, 6) is -0.955. The minimum absolute atomic E-state index is 0.0142. The molecular formula is C14H19NO6. The van der Waals surface area contributed by atoms with Crippen molar-refractivity contribution in [2.45, 2.75) is 38.6 Å². The van der Waals surface area contributed by atoms with E-state index in [4.69, 9.17) is 9.47 Å². The van der Waals surface area contributed by atoms with Crippen molar-refractivity contribution in [3.63, 3.8) is 0 Å². The van der Waals surface area contributed by atoms with E-state index in [0.29, 0.717) is 0 Å². The van der Waals surface area contributed by atoms with Crippen molar-refractivity contribution in [2.24, 2.45) is 5.41 Å². The Hall–Kier alpha value is -1.92. The lowest BCUT2D eigenvalue weighted by Gasteiger charge is -2.48. The third-order valence-corrected chi connectivity index (χ3v) is 4.29. The fourth-order valence-corrected chi connectivity index (χ4v) is 3.25. The SMILES string of the molecule is CCOC(=O)[C@@]12CCC(=O)C[C@@H]1N(C(=O)OC)CCC2=O. The van der Waals surface area contributed by atoms with Gasteiger partial charge in [0.1, 0.15) is 11.2 Å². The molecule has 116 valence electrons. The summed E-state index contributed by atoms with van der Waals surface area (Å²) in [6.07, 6.45) is -0.327. The van der Waals surface area contributed by atoms with Gasteiger partial charge in [-0.15, -0.1) is 0 Å². The lowest BCUT2D eigenvalue weighted by atomic mass is 9.64. The first kappa shape index (κ1) is 15.5. The molecule has 0 radical (unpaired) electrons. The van der Waals surface area contributed by atoms with Gasteiger partial charge < -0.3 is 14.4 Å². The highest BCUT2D eigenvalue weighted by Gasteiger charge is 2.60. The van der Waals surface area contributed by atoms with Crippen molar-refractivity contribution >= 4 is 23.6 Å².